The maximum absolute atomic E-state index is 12.3. The van der Waals surface area contributed by atoms with Crippen molar-refractivity contribution in [3.63, 3.8) is 0 Å². The van der Waals surface area contributed by atoms with Crippen molar-refractivity contribution in [3.8, 4) is 11.3 Å². The Balaban J connectivity index is 0.000000901. The average molecular weight is 493 g/mol. The summed E-state index contributed by atoms with van der Waals surface area (Å²) >= 11 is 0. The number of carbonyl (C=O) groups excluding carboxylic acids is 1. The zero-order valence-electron chi connectivity index (χ0n) is 13.8. The summed E-state index contributed by atoms with van der Waals surface area (Å²) in [4.78, 5) is 16.6. The number of nitrogens with zero attached hydrogens (tertiary/aromatic N) is 1. The molecule has 0 atom stereocenters. The Morgan fingerprint density at radius 3 is 2.39 bits per heavy atom. The van der Waals surface area contributed by atoms with Crippen molar-refractivity contribution in [3.05, 3.63) is 53.7 Å². The average Bonchev–Trinajstić information content (AvgIpc) is 2.81. The molecule has 1 aliphatic rings. The van der Waals surface area contributed by atoms with Gasteiger partial charge in [-0.15, -0.1) is 29.3 Å². The SMILES string of the molecule is CC1(C)Cc2c[c-]c(-c3ccccn3)cc2C1=O.CO.CO.[Ir]. The van der Waals surface area contributed by atoms with Crippen LogP contribution in [-0.4, -0.2) is 35.2 Å². The van der Waals surface area contributed by atoms with Gasteiger partial charge in [0.25, 0.3) is 0 Å². The van der Waals surface area contributed by atoms with Crippen LogP contribution in [0, 0.1) is 11.5 Å². The molecule has 1 radical (unpaired) electrons. The number of fused-ring (bicyclic) bond motifs is 1. The van der Waals surface area contributed by atoms with E-state index < -0.39 is 0 Å². The molecule has 1 aromatic carbocycles. The van der Waals surface area contributed by atoms with Crippen LogP contribution in [0.5, 0.6) is 0 Å². The van der Waals surface area contributed by atoms with E-state index in [1.54, 1.807) is 6.20 Å². The molecule has 0 amide bonds. The molecule has 5 heteroatoms. The van der Waals surface area contributed by atoms with Crippen LogP contribution in [0.3, 0.4) is 0 Å². The molecule has 0 saturated heterocycles. The first-order valence-electron chi connectivity index (χ1n) is 6.98. The number of pyridine rings is 1. The Morgan fingerprint density at radius 2 is 1.83 bits per heavy atom. The van der Waals surface area contributed by atoms with Gasteiger partial charge in [0.2, 0.25) is 0 Å². The molecule has 2 aromatic rings. The largest absolute Gasteiger partial charge is 0.400 e. The predicted octanol–water partition coefficient (Wildman–Crippen LogP) is 2.53. The number of carbonyl (C=O) groups is 1. The molecule has 0 saturated carbocycles. The molecule has 1 aliphatic carbocycles. The van der Waals surface area contributed by atoms with Gasteiger partial charge in [0, 0.05) is 45.9 Å². The van der Waals surface area contributed by atoms with E-state index in [4.69, 9.17) is 10.2 Å². The van der Waals surface area contributed by atoms with Crippen molar-refractivity contribution in [2.75, 3.05) is 14.2 Å². The van der Waals surface area contributed by atoms with Gasteiger partial charge in [-0.25, -0.2) is 0 Å². The standard InChI is InChI=1S/C16H14NO.2CH4O.Ir/c1-16(2)10-12-7-6-11(9-13(12)15(16)18)14-5-3-4-8-17-14;2*1-2;/h3-5,7-9H,10H2,1-2H3;2*2H,1H3;/q-1;;;. The van der Waals surface area contributed by atoms with Gasteiger partial charge in [-0.1, -0.05) is 31.5 Å². The molecular formula is C18H22IrNO3-. The normalized spacial score (nSPS) is 13.6. The number of Topliss-reactive ketones (excluding diaryl/α,β-unsaturated/α-hetero) is 1. The van der Waals surface area contributed by atoms with E-state index in [0.717, 1.165) is 43.0 Å². The van der Waals surface area contributed by atoms with E-state index in [2.05, 4.69) is 11.1 Å². The van der Waals surface area contributed by atoms with Gasteiger partial charge in [0.05, 0.1) is 0 Å². The summed E-state index contributed by atoms with van der Waals surface area (Å²) in [7, 11) is 2.00. The molecule has 1 heterocycles. The van der Waals surface area contributed by atoms with E-state index in [1.165, 1.54) is 0 Å². The predicted molar refractivity (Wildman–Crippen MR) is 86.6 cm³/mol. The molecule has 0 fully saturated rings. The van der Waals surface area contributed by atoms with Crippen LogP contribution < -0.4 is 0 Å². The van der Waals surface area contributed by atoms with Crippen molar-refractivity contribution in [1.82, 2.24) is 4.98 Å². The topological polar surface area (TPSA) is 70.4 Å². The summed E-state index contributed by atoms with van der Waals surface area (Å²) in [5.41, 5.74) is 3.40. The Kier molecular flexibility index (Phi) is 9.10. The Labute approximate surface area is 150 Å². The van der Waals surface area contributed by atoms with Crippen LogP contribution in [0.4, 0.5) is 0 Å². The zero-order valence-corrected chi connectivity index (χ0v) is 16.1. The molecule has 3 rings (SSSR count). The second-order valence-corrected chi connectivity index (χ2v) is 5.39. The quantitative estimate of drug-likeness (QED) is 0.601. The first kappa shape index (κ1) is 21.6. The summed E-state index contributed by atoms with van der Waals surface area (Å²) in [6.45, 7) is 3.99. The van der Waals surface area contributed by atoms with Crippen molar-refractivity contribution in [2.45, 2.75) is 20.3 Å². The molecule has 0 bridgehead atoms. The third kappa shape index (κ3) is 4.79. The van der Waals surface area contributed by atoms with E-state index in [1.807, 2.05) is 44.2 Å². The number of aliphatic hydroxyl groups excluding tert-OH is 2. The number of aromatic nitrogens is 1. The van der Waals surface area contributed by atoms with Gasteiger partial charge in [0.1, 0.15) is 5.78 Å². The number of hydrogen-bond acceptors (Lipinski definition) is 4. The van der Waals surface area contributed by atoms with Crippen LogP contribution in [0.15, 0.2) is 36.5 Å². The van der Waals surface area contributed by atoms with Crippen molar-refractivity contribution < 1.29 is 35.1 Å². The summed E-state index contributed by atoms with van der Waals surface area (Å²) in [6, 6.07) is 12.8. The smallest absolute Gasteiger partial charge is 0.150 e. The maximum Gasteiger partial charge on any atom is 0.150 e. The zero-order chi connectivity index (χ0) is 16.8. The molecule has 1 aromatic heterocycles. The summed E-state index contributed by atoms with van der Waals surface area (Å²) < 4.78 is 0. The van der Waals surface area contributed by atoms with E-state index in [-0.39, 0.29) is 31.3 Å². The number of rotatable bonds is 1. The van der Waals surface area contributed by atoms with E-state index >= 15 is 0 Å². The van der Waals surface area contributed by atoms with Crippen molar-refractivity contribution >= 4 is 5.78 Å². The Hall–Kier alpha value is -1.39. The van der Waals surface area contributed by atoms with Gasteiger partial charge in [0.15, 0.2) is 0 Å². The molecule has 23 heavy (non-hydrogen) atoms. The van der Waals surface area contributed by atoms with Crippen LogP contribution >= 0.6 is 0 Å². The number of hydrogen-bond donors (Lipinski definition) is 2. The second-order valence-electron chi connectivity index (χ2n) is 5.39. The fraction of sp³-hybridized carbons (Fsp3) is 0.333. The van der Waals surface area contributed by atoms with Gasteiger partial charge >= 0.3 is 0 Å². The van der Waals surface area contributed by atoms with Crippen LogP contribution in [0.2, 0.25) is 0 Å². The number of benzene rings is 1. The molecular weight excluding hydrogens is 470 g/mol. The van der Waals surface area contributed by atoms with E-state index in [9.17, 15) is 4.79 Å². The first-order chi connectivity index (χ1) is 10.6. The first-order valence-corrected chi connectivity index (χ1v) is 6.98. The molecule has 0 aliphatic heterocycles. The molecule has 2 N–H and O–H groups in total. The Morgan fingerprint density at radius 1 is 1.17 bits per heavy atom. The van der Waals surface area contributed by atoms with Gasteiger partial charge in [-0.05, 0) is 18.2 Å². The Bertz CT molecular complexity index is 627. The minimum absolute atomic E-state index is 0. The summed E-state index contributed by atoms with van der Waals surface area (Å²) in [6.07, 6.45) is 2.56. The van der Waals surface area contributed by atoms with Gasteiger partial charge in [-0.2, -0.15) is 0 Å². The number of ketones is 1. The molecule has 0 spiro atoms. The monoisotopic (exact) mass is 493 g/mol. The minimum atomic E-state index is -0.279. The van der Waals surface area contributed by atoms with E-state index in [0.29, 0.717) is 0 Å². The van der Waals surface area contributed by atoms with Crippen LogP contribution in [-0.2, 0) is 26.5 Å². The third-order valence-corrected chi connectivity index (χ3v) is 3.47. The fourth-order valence-corrected chi connectivity index (χ4v) is 2.47. The molecule has 127 valence electrons. The minimum Gasteiger partial charge on any atom is -0.400 e. The summed E-state index contributed by atoms with van der Waals surface area (Å²) in [5.74, 6) is 0.226. The third-order valence-electron chi connectivity index (χ3n) is 3.47. The second kappa shape index (κ2) is 9.68. The summed E-state index contributed by atoms with van der Waals surface area (Å²) in [5, 5.41) is 14.0. The van der Waals surface area contributed by atoms with Crippen molar-refractivity contribution in [1.29, 1.82) is 0 Å². The molecule has 0 unspecified atom stereocenters. The number of aliphatic hydroxyl groups is 2. The van der Waals surface area contributed by atoms with Gasteiger partial charge in [-0.3, -0.25) is 4.79 Å². The maximum atomic E-state index is 12.3. The molecule has 4 nitrogen and oxygen atoms in total. The van der Waals surface area contributed by atoms with Crippen LogP contribution in [0.1, 0.15) is 29.8 Å². The fourth-order valence-electron chi connectivity index (χ4n) is 2.47. The van der Waals surface area contributed by atoms with Crippen LogP contribution in [0.25, 0.3) is 11.3 Å². The van der Waals surface area contributed by atoms with Crippen molar-refractivity contribution in [2.24, 2.45) is 5.41 Å². The van der Waals surface area contributed by atoms with Gasteiger partial charge < -0.3 is 15.2 Å².